The molecule has 0 saturated carbocycles. The van der Waals surface area contributed by atoms with Gasteiger partial charge in [-0.15, -0.1) is 0 Å². The number of quaternary nitrogens is 1. The molecule has 0 spiro atoms. The number of rotatable bonds is 3. The summed E-state index contributed by atoms with van der Waals surface area (Å²) in [6.45, 7) is 1.39. The molecule has 0 bridgehead atoms. The standard InChI is InChI=1S/C10H14ClN3O3/c11-10-5-8(9(6-12-10)14(15)16)13-7-1-3-17-4-2-7/h5-7,14-15H,1-4H2,(H,12,13). The summed E-state index contributed by atoms with van der Waals surface area (Å²) >= 11 is 5.77. The lowest BCUT2D eigenvalue weighted by Crippen LogP contribution is -2.99. The molecule has 17 heavy (non-hydrogen) atoms. The summed E-state index contributed by atoms with van der Waals surface area (Å²) < 4.78 is 5.24. The molecule has 2 heterocycles. The van der Waals surface area contributed by atoms with E-state index in [4.69, 9.17) is 21.5 Å². The molecule has 1 unspecified atom stereocenters. The summed E-state index contributed by atoms with van der Waals surface area (Å²) in [5.41, 5.74) is 0.658. The van der Waals surface area contributed by atoms with Crippen molar-refractivity contribution in [3.05, 3.63) is 22.6 Å². The number of hydrogen-bond donors (Lipinski definition) is 3. The normalized spacial score (nSPS) is 19.0. The van der Waals surface area contributed by atoms with Crippen LogP contribution in [0.4, 0.5) is 11.4 Å². The topological polar surface area (TPSA) is 81.9 Å². The van der Waals surface area contributed by atoms with Crippen LogP contribution in [0.2, 0.25) is 5.15 Å². The van der Waals surface area contributed by atoms with Gasteiger partial charge in [-0.25, -0.2) is 10.2 Å². The minimum absolute atomic E-state index is 0.140. The van der Waals surface area contributed by atoms with Crippen molar-refractivity contribution in [3.63, 3.8) is 0 Å². The highest BCUT2D eigenvalue weighted by Gasteiger charge is 2.17. The van der Waals surface area contributed by atoms with Crippen LogP contribution >= 0.6 is 11.6 Å². The molecule has 1 aliphatic rings. The largest absolute Gasteiger partial charge is 0.595 e. The van der Waals surface area contributed by atoms with Gasteiger partial charge in [0.25, 0.3) is 0 Å². The highest BCUT2D eigenvalue weighted by atomic mass is 35.5. The number of hydrogen-bond acceptors (Lipinski definition) is 5. The summed E-state index contributed by atoms with van der Waals surface area (Å²) in [7, 11) is 0. The Morgan fingerprint density at radius 3 is 2.88 bits per heavy atom. The Kier molecular flexibility index (Phi) is 4.14. The molecule has 6 nitrogen and oxygen atoms in total. The fraction of sp³-hybridized carbons (Fsp3) is 0.500. The second-order valence-corrected chi connectivity index (χ2v) is 4.28. The number of aromatic nitrogens is 1. The van der Waals surface area contributed by atoms with Gasteiger partial charge in [-0.1, -0.05) is 11.6 Å². The number of pyridine rings is 1. The van der Waals surface area contributed by atoms with Gasteiger partial charge in [0, 0.05) is 25.3 Å². The van der Waals surface area contributed by atoms with Crippen LogP contribution in [0.25, 0.3) is 0 Å². The van der Waals surface area contributed by atoms with E-state index in [2.05, 4.69) is 10.3 Å². The molecule has 7 heteroatoms. The first kappa shape index (κ1) is 12.5. The third-order valence-electron chi connectivity index (χ3n) is 2.68. The van der Waals surface area contributed by atoms with E-state index in [-0.39, 0.29) is 16.9 Å². The Morgan fingerprint density at radius 2 is 2.24 bits per heavy atom. The van der Waals surface area contributed by atoms with E-state index in [1.54, 1.807) is 6.07 Å². The van der Waals surface area contributed by atoms with Crippen LogP contribution in [0.15, 0.2) is 12.3 Å². The molecule has 1 fully saturated rings. The van der Waals surface area contributed by atoms with Gasteiger partial charge in [-0.2, -0.15) is 5.23 Å². The van der Waals surface area contributed by atoms with Crippen LogP contribution in [0.3, 0.4) is 0 Å². The number of nitrogens with zero attached hydrogens (tertiary/aromatic N) is 1. The van der Waals surface area contributed by atoms with Crippen LogP contribution < -0.4 is 10.5 Å². The smallest absolute Gasteiger partial charge is 0.205 e. The van der Waals surface area contributed by atoms with E-state index in [1.807, 2.05) is 0 Å². The molecule has 1 aliphatic heterocycles. The second-order valence-electron chi connectivity index (χ2n) is 3.89. The average Bonchev–Trinajstić information content (AvgIpc) is 2.30. The molecule has 0 radical (unpaired) electrons. The lowest BCUT2D eigenvalue weighted by atomic mass is 10.1. The minimum Gasteiger partial charge on any atom is -0.595 e. The van der Waals surface area contributed by atoms with Gasteiger partial charge in [-0.05, 0) is 12.8 Å². The first-order chi connectivity index (χ1) is 8.16. The molecule has 94 valence electrons. The maximum Gasteiger partial charge on any atom is 0.205 e. The zero-order chi connectivity index (χ0) is 12.3. The van der Waals surface area contributed by atoms with E-state index in [9.17, 15) is 5.21 Å². The molecule has 1 saturated heterocycles. The Balaban J connectivity index is 2.14. The maximum atomic E-state index is 11.0. The summed E-state index contributed by atoms with van der Waals surface area (Å²) in [5.74, 6) is 0. The van der Waals surface area contributed by atoms with Gasteiger partial charge in [-0.3, -0.25) is 0 Å². The summed E-state index contributed by atoms with van der Waals surface area (Å²) in [6, 6.07) is 1.76. The van der Waals surface area contributed by atoms with Crippen molar-refractivity contribution < 1.29 is 15.2 Å². The van der Waals surface area contributed by atoms with E-state index in [0.717, 1.165) is 12.8 Å². The average molecular weight is 260 g/mol. The van der Waals surface area contributed by atoms with Gasteiger partial charge < -0.3 is 15.3 Å². The lowest BCUT2D eigenvalue weighted by Gasteiger charge is -2.25. The zero-order valence-corrected chi connectivity index (χ0v) is 9.91. The molecular weight excluding hydrogens is 246 g/mol. The Hall–Kier alpha value is -0.920. The first-order valence-electron chi connectivity index (χ1n) is 5.40. The fourth-order valence-corrected chi connectivity index (χ4v) is 1.94. The third-order valence-corrected chi connectivity index (χ3v) is 2.89. The van der Waals surface area contributed by atoms with Crippen molar-refractivity contribution in [3.8, 4) is 0 Å². The number of ether oxygens (including phenoxy) is 1. The molecule has 3 N–H and O–H groups in total. The number of anilines is 1. The zero-order valence-electron chi connectivity index (χ0n) is 9.15. The van der Waals surface area contributed by atoms with Crippen molar-refractivity contribution in [2.75, 3.05) is 18.5 Å². The van der Waals surface area contributed by atoms with Crippen LogP contribution in [0, 0.1) is 5.21 Å². The Labute approximate surface area is 104 Å². The van der Waals surface area contributed by atoms with Gasteiger partial charge >= 0.3 is 0 Å². The predicted molar refractivity (Wildman–Crippen MR) is 62.5 cm³/mol. The van der Waals surface area contributed by atoms with Gasteiger partial charge in [0.15, 0.2) is 0 Å². The SMILES string of the molecule is [O-][NH+](O)c1cnc(Cl)cc1NC1CCOCC1. The van der Waals surface area contributed by atoms with Gasteiger partial charge in [0.2, 0.25) is 5.69 Å². The van der Waals surface area contributed by atoms with E-state index >= 15 is 0 Å². The Bertz CT molecular complexity index is 383. The maximum absolute atomic E-state index is 11.0. The van der Waals surface area contributed by atoms with E-state index < -0.39 is 5.23 Å². The molecule has 1 aromatic heterocycles. The predicted octanol–water partition coefficient (Wildman–Crippen LogP) is 0.729. The summed E-state index contributed by atoms with van der Waals surface area (Å²) in [6.07, 6.45) is 2.99. The highest BCUT2D eigenvalue weighted by Crippen LogP contribution is 2.23. The van der Waals surface area contributed by atoms with Gasteiger partial charge in [0.1, 0.15) is 10.8 Å². The van der Waals surface area contributed by atoms with E-state index in [1.165, 1.54) is 6.20 Å². The Morgan fingerprint density at radius 1 is 1.53 bits per heavy atom. The minimum atomic E-state index is -1.01. The number of nitrogens with one attached hydrogen (secondary N) is 2. The number of halogens is 1. The lowest BCUT2D eigenvalue weighted by molar-refractivity contribution is -0.991. The molecule has 1 atom stereocenters. The van der Waals surface area contributed by atoms with Crippen molar-refractivity contribution in [2.45, 2.75) is 18.9 Å². The van der Waals surface area contributed by atoms with Crippen molar-refractivity contribution in [1.82, 2.24) is 4.98 Å². The van der Waals surface area contributed by atoms with E-state index in [0.29, 0.717) is 18.9 Å². The van der Waals surface area contributed by atoms with Crippen LogP contribution in [0.5, 0.6) is 0 Å². The molecule has 0 aromatic carbocycles. The van der Waals surface area contributed by atoms with Crippen LogP contribution in [0.1, 0.15) is 12.8 Å². The highest BCUT2D eigenvalue weighted by molar-refractivity contribution is 6.29. The summed E-state index contributed by atoms with van der Waals surface area (Å²) in [4.78, 5) is 3.77. The molecule has 0 amide bonds. The summed E-state index contributed by atoms with van der Waals surface area (Å²) in [5, 5.41) is 22.5. The monoisotopic (exact) mass is 259 g/mol. The fourth-order valence-electron chi connectivity index (χ4n) is 1.78. The van der Waals surface area contributed by atoms with Crippen LogP contribution in [-0.4, -0.2) is 29.4 Å². The molecular formula is C10H14ClN3O3. The second kappa shape index (κ2) is 5.61. The third kappa shape index (κ3) is 3.27. The molecule has 0 aliphatic carbocycles. The molecule has 1 aromatic rings. The first-order valence-corrected chi connectivity index (χ1v) is 5.78. The molecule has 2 rings (SSSR count). The van der Waals surface area contributed by atoms with Crippen LogP contribution in [-0.2, 0) is 4.74 Å². The quantitative estimate of drug-likeness (QED) is 0.551. The van der Waals surface area contributed by atoms with Crippen molar-refractivity contribution >= 4 is 23.0 Å². The van der Waals surface area contributed by atoms with Crippen molar-refractivity contribution in [1.29, 1.82) is 0 Å². The van der Waals surface area contributed by atoms with Crippen molar-refractivity contribution in [2.24, 2.45) is 0 Å². The van der Waals surface area contributed by atoms with Gasteiger partial charge in [0.05, 0.1) is 6.20 Å².